The van der Waals surface area contributed by atoms with E-state index in [0.29, 0.717) is 0 Å². The lowest BCUT2D eigenvalue weighted by Gasteiger charge is -2.32. The van der Waals surface area contributed by atoms with Crippen LogP contribution in [0.3, 0.4) is 0 Å². The van der Waals surface area contributed by atoms with Crippen molar-refractivity contribution in [3.63, 3.8) is 0 Å². The average Bonchev–Trinajstić information content (AvgIpc) is 2.44. The van der Waals surface area contributed by atoms with Crippen molar-refractivity contribution >= 4 is 0 Å². The molecule has 3 N–H and O–H groups in total. The minimum atomic E-state index is -1.43. The second-order valence-electron chi connectivity index (χ2n) is 7.46. The van der Waals surface area contributed by atoms with E-state index in [1.165, 1.54) is 43.4 Å². The molecule has 3 heteroatoms. The third kappa shape index (κ3) is 5.76. The summed E-state index contributed by atoms with van der Waals surface area (Å²) < 4.78 is 0. The van der Waals surface area contributed by atoms with Crippen LogP contribution in [0.5, 0.6) is 0 Å². The maximum atomic E-state index is 9.98. The largest absolute Gasteiger partial charge is 0.394 e. The van der Waals surface area contributed by atoms with Crippen molar-refractivity contribution in [2.45, 2.75) is 65.6 Å². The number of aliphatic hydroxyl groups excluding tert-OH is 2. The van der Waals surface area contributed by atoms with Gasteiger partial charge in [-0.05, 0) is 51.0 Å². The second-order valence-corrected chi connectivity index (χ2v) is 7.46. The quantitative estimate of drug-likeness (QED) is 0.654. The predicted molar refractivity (Wildman–Crippen MR) is 96.1 cm³/mol. The second kappa shape index (κ2) is 8.09. The van der Waals surface area contributed by atoms with Crippen LogP contribution < -0.4 is 0 Å². The number of hydrogen-bond donors (Lipinski definition) is 3. The van der Waals surface area contributed by atoms with Gasteiger partial charge in [0, 0.05) is 0 Å². The summed E-state index contributed by atoms with van der Waals surface area (Å²) in [6.45, 7) is 9.81. The summed E-state index contributed by atoms with van der Waals surface area (Å²) in [6.07, 6.45) is 11.9. The van der Waals surface area contributed by atoms with Crippen LogP contribution in [-0.4, -0.2) is 33.6 Å². The van der Waals surface area contributed by atoms with E-state index in [2.05, 4.69) is 32.9 Å². The van der Waals surface area contributed by atoms with E-state index in [-0.39, 0.29) is 5.41 Å². The van der Waals surface area contributed by atoms with Gasteiger partial charge in [0.25, 0.3) is 0 Å². The van der Waals surface area contributed by atoms with Crippen LogP contribution in [0, 0.1) is 5.41 Å². The van der Waals surface area contributed by atoms with Gasteiger partial charge in [0.1, 0.15) is 11.7 Å². The molecule has 3 nitrogen and oxygen atoms in total. The Kier molecular flexibility index (Phi) is 7.00. The molecule has 0 amide bonds. The van der Waals surface area contributed by atoms with Gasteiger partial charge in [-0.15, -0.1) is 0 Å². The van der Waals surface area contributed by atoms with Gasteiger partial charge in [0.2, 0.25) is 0 Å². The van der Waals surface area contributed by atoms with E-state index < -0.39 is 18.3 Å². The van der Waals surface area contributed by atoms with Crippen molar-refractivity contribution < 1.29 is 15.3 Å². The molecule has 0 spiro atoms. The zero-order valence-electron chi connectivity index (χ0n) is 15.1. The molecular weight excluding hydrogens is 288 g/mol. The van der Waals surface area contributed by atoms with Crippen LogP contribution in [-0.2, 0) is 0 Å². The van der Waals surface area contributed by atoms with Gasteiger partial charge >= 0.3 is 0 Å². The van der Waals surface area contributed by atoms with Gasteiger partial charge in [-0.25, -0.2) is 0 Å². The summed E-state index contributed by atoms with van der Waals surface area (Å²) in [7, 11) is 0. The summed E-state index contributed by atoms with van der Waals surface area (Å²) in [6, 6.07) is 0. The van der Waals surface area contributed by atoms with Gasteiger partial charge in [-0.1, -0.05) is 55.4 Å². The van der Waals surface area contributed by atoms with Crippen LogP contribution in [0.2, 0.25) is 0 Å². The van der Waals surface area contributed by atoms with Gasteiger partial charge in [-0.2, -0.15) is 0 Å². The molecule has 0 aromatic carbocycles. The van der Waals surface area contributed by atoms with Crippen LogP contribution >= 0.6 is 0 Å². The van der Waals surface area contributed by atoms with Crippen molar-refractivity contribution in [2.24, 2.45) is 5.41 Å². The fourth-order valence-electron chi connectivity index (χ4n) is 2.97. The van der Waals surface area contributed by atoms with E-state index in [4.69, 9.17) is 5.11 Å². The van der Waals surface area contributed by atoms with Crippen molar-refractivity contribution in [3.05, 3.63) is 47.1 Å². The molecular formula is C20H32O3. The molecule has 0 aliphatic heterocycles. The van der Waals surface area contributed by atoms with E-state index in [9.17, 15) is 10.2 Å². The van der Waals surface area contributed by atoms with Gasteiger partial charge in [-0.3, -0.25) is 0 Å². The van der Waals surface area contributed by atoms with E-state index in [1.807, 2.05) is 13.0 Å². The average molecular weight is 320 g/mol. The first-order valence-corrected chi connectivity index (χ1v) is 8.36. The SMILES string of the molecule is CC1=C(/C=C/C(C)=C/C=C/C(C)(O)C(O)CO)C(C)(C)CCC1. The maximum Gasteiger partial charge on any atom is 0.109 e. The molecule has 1 rings (SSSR count). The first-order valence-electron chi connectivity index (χ1n) is 8.36. The highest BCUT2D eigenvalue weighted by Crippen LogP contribution is 2.40. The highest BCUT2D eigenvalue weighted by molar-refractivity contribution is 5.36. The van der Waals surface area contributed by atoms with E-state index in [1.54, 1.807) is 6.08 Å². The highest BCUT2D eigenvalue weighted by Gasteiger charge is 2.27. The Morgan fingerprint density at radius 1 is 1.39 bits per heavy atom. The van der Waals surface area contributed by atoms with Crippen LogP contribution in [0.1, 0.15) is 53.9 Å². The van der Waals surface area contributed by atoms with Gasteiger partial charge < -0.3 is 15.3 Å². The van der Waals surface area contributed by atoms with Crippen LogP contribution in [0.25, 0.3) is 0 Å². The Balaban J connectivity index is 2.81. The smallest absolute Gasteiger partial charge is 0.109 e. The number of allylic oxidation sites excluding steroid dienone is 7. The normalized spacial score (nSPS) is 23.6. The summed E-state index contributed by atoms with van der Waals surface area (Å²) >= 11 is 0. The summed E-state index contributed by atoms with van der Waals surface area (Å²) in [5.74, 6) is 0. The van der Waals surface area contributed by atoms with E-state index in [0.717, 1.165) is 5.57 Å². The first-order chi connectivity index (χ1) is 10.6. The predicted octanol–water partition coefficient (Wildman–Crippen LogP) is 3.68. The zero-order chi connectivity index (χ0) is 17.7. The molecule has 23 heavy (non-hydrogen) atoms. The third-order valence-electron chi connectivity index (χ3n) is 4.70. The number of rotatable bonds is 6. The number of hydrogen-bond acceptors (Lipinski definition) is 3. The highest BCUT2D eigenvalue weighted by atomic mass is 16.4. The lowest BCUT2D eigenvalue weighted by atomic mass is 9.72. The fourth-order valence-corrected chi connectivity index (χ4v) is 2.97. The molecule has 2 atom stereocenters. The molecule has 0 fully saturated rings. The maximum absolute atomic E-state index is 9.98. The fraction of sp³-hybridized carbons (Fsp3) is 0.600. The molecule has 0 saturated carbocycles. The molecule has 1 aliphatic carbocycles. The topological polar surface area (TPSA) is 60.7 Å². The Morgan fingerprint density at radius 3 is 2.61 bits per heavy atom. The van der Waals surface area contributed by atoms with Gasteiger partial charge in [0.05, 0.1) is 6.61 Å². The Hall–Kier alpha value is -1.16. The lowest BCUT2D eigenvalue weighted by Crippen LogP contribution is -2.39. The Morgan fingerprint density at radius 2 is 2.04 bits per heavy atom. The lowest BCUT2D eigenvalue weighted by molar-refractivity contribution is -0.0520. The summed E-state index contributed by atoms with van der Waals surface area (Å²) in [5, 5.41) is 28.4. The molecule has 0 bridgehead atoms. The minimum absolute atomic E-state index is 0.226. The molecule has 2 unspecified atom stereocenters. The number of aliphatic hydroxyl groups is 3. The standard InChI is InChI=1S/C20H32O3/c1-15(8-6-13-20(5,23)18(22)14-21)10-11-17-16(2)9-7-12-19(17,3)4/h6,8,10-11,13,18,21-23H,7,9,12,14H2,1-5H3/b11-10+,13-6+,15-8+. The molecule has 1 aliphatic rings. The van der Waals surface area contributed by atoms with Crippen molar-refractivity contribution in [1.82, 2.24) is 0 Å². The molecule has 0 radical (unpaired) electrons. The van der Waals surface area contributed by atoms with Crippen molar-refractivity contribution in [2.75, 3.05) is 6.61 Å². The van der Waals surface area contributed by atoms with E-state index >= 15 is 0 Å². The Bertz CT molecular complexity index is 519. The van der Waals surface area contributed by atoms with Crippen LogP contribution in [0.15, 0.2) is 47.1 Å². The Labute approximate surface area is 140 Å². The van der Waals surface area contributed by atoms with Crippen LogP contribution in [0.4, 0.5) is 0 Å². The molecule has 0 saturated heterocycles. The monoisotopic (exact) mass is 320 g/mol. The minimum Gasteiger partial charge on any atom is -0.394 e. The molecule has 130 valence electrons. The zero-order valence-corrected chi connectivity index (χ0v) is 15.1. The summed E-state index contributed by atoms with van der Waals surface area (Å²) in [4.78, 5) is 0. The third-order valence-corrected chi connectivity index (χ3v) is 4.70. The first kappa shape index (κ1) is 19.9. The molecule has 0 aromatic rings. The molecule has 0 heterocycles. The van der Waals surface area contributed by atoms with Crippen molar-refractivity contribution in [1.29, 1.82) is 0 Å². The van der Waals surface area contributed by atoms with Gasteiger partial charge in [0.15, 0.2) is 0 Å². The summed E-state index contributed by atoms with van der Waals surface area (Å²) in [5.41, 5.74) is 2.75. The molecule has 0 aromatic heterocycles. The van der Waals surface area contributed by atoms with Crippen molar-refractivity contribution in [3.8, 4) is 0 Å².